The van der Waals surface area contributed by atoms with Gasteiger partial charge in [-0.25, -0.2) is 0 Å². The minimum Gasteiger partial charge on any atom is -0.508 e. The van der Waals surface area contributed by atoms with Crippen LogP contribution in [-0.4, -0.2) is 42.0 Å². The molecule has 5 heteroatoms. The molecule has 0 amide bonds. The topological polar surface area (TPSA) is 58.7 Å². The normalized spacial score (nSPS) is 20.6. The van der Waals surface area contributed by atoms with E-state index in [1.54, 1.807) is 18.2 Å². The molecule has 1 atom stereocenters. The van der Waals surface area contributed by atoms with E-state index < -0.39 is 5.66 Å². The van der Waals surface area contributed by atoms with E-state index >= 15 is 0 Å². The third-order valence-electron chi connectivity index (χ3n) is 3.32. The molecule has 0 aliphatic carbocycles. The highest BCUT2D eigenvalue weighted by molar-refractivity contribution is 6.30. The van der Waals surface area contributed by atoms with Gasteiger partial charge in [-0.05, 0) is 30.7 Å². The monoisotopic (exact) mass is 270 g/mol. The van der Waals surface area contributed by atoms with E-state index in [0.29, 0.717) is 24.7 Å². The number of morpholine rings is 1. The number of hydrogen-bond acceptors (Lipinski definition) is 4. The number of phenols is 1. The fourth-order valence-corrected chi connectivity index (χ4v) is 2.46. The number of halogens is 1. The molecule has 0 spiro atoms. The maximum absolute atomic E-state index is 9.84. The molecule has 1 aromatic rings. The van der Waals surface area contributed by atoms with Crippen molar-refractivity contribution in [2.75, 3.05) is 26.3 Å². The molecule has 0 radical (unpaired) electrons. The number of nitrogens with two attached hydrogens (primary N) is 1. The van der Waals surface area contributed by atoms with Gasteiger partial charge in [0.1, 0.15) is 5.75 Å². The molecule has 1 aromatic carbocycles. The van der Waals surface area contributed by atoms with E-state index in [1.165, 1.54) is 0 Å². The zero-order valence-corrected chi connectivity index (χ0v) is 11.3. The molecule has 0 aromatic heterocycles. The zero-order chi connectivity index (χ0) is 13.2. The van der Waals surface area contributed by atoms with Gasteiger partial charge in [0.15, 0.2) is 0 Å². The molecule has 0 bridgehead atoms. The Morgan fingerprint density at radius 2 is 2.11 bits per heavy atom. The van der Waals surface area contributed by atoms with Crippen LogP contribution in [0, 0.1) is 0 Å². The van der Waals surface area contributed by atoms with Gasteiger partial charge in [0.25, 0.3) is 0 Å². The summed E-state index contributed by atoms with van der Waals surface area (Å²) in [6.07, 6.45) is 0.555. The lowest BCUT2D eigenvalue weighted by atomic mass is 9.99. The second kappa shape index (κ2) is 5.45. The molecule has 100 valence electrons. The zero-order valence-electron chi connectivity index (χ0n) is 10.5. The van der Waals surface area contributed by atoms with Crippen molar-refractivity contribution in [3.8, 4) is 5.75 Å². The third kappa shape index (κ3) is 3.14. The van der Waals surface area contributed by atoms with Gasteiger partial charge in [0.05, 0.1) is 18.9 Å². The van der Waals surface area contributed by atoms with Crippen LogP contribution in [0.5, 0.6) is 5.75 Å². The van der Waals surface area contributed by atoms with Crippen LogP contribution >= 0.6 is 11.6 Å². The molecule has 2 rings (SSSR count). The summed E-state index contributed by atoms with van der Waals surface area (Å²) in [5.74, 6) is 0.240. The Morgan fingerprint density at radius 1 is 1.44 bits per heavy atom. The molecular weight excluding hydrogens is 252 g/mol. The first-order valence-electron chi connectivity index (χ1n) is 6.08. The summed E-state index contributed by atoms with van der Waals surface area (Å²) in [4.78, 5) is 2.18. The summed E-state index contributed by atoms with van der Waals surface area (Å²) in [6, 6.07) is 5.04. The Labute approximate surface area is 112 Å². The molecule has 1 fully saturated rings. The van der Waals surface area contributed by atoms with Crippen molar-refractivity contribution in [3.05, 3.63) is 28.8 Å². The van der Waals surface area contributed by atoms with Crippen LogP contribution in [0.4, 0.5) is 0 Å². The van der Waals surface area contributed by atoms with Crippen molar-refractivity contribution in [2.24, 2.45) is 5.73 Å². The summed E-state index contributed by atoms with van der Waals surface area (Å²) < 4.78 is 5.32. The second-order valence-electron chi connectivity index (χ2n) is 4.91. The van der Waals surface area contributed by atoms with E-state index in [4.69, 9.17) is 22.1 Å². The van der Waals surface area contributed by atoms with Crippen LogP contribution < -0.4 is 5.73 Å². The van der Waals surface area contributed by atoms with Crippen LogP contribution in [0.25, 0.3) is 0 Å². The van der Waals surface area contributed by atoms with Crippen LogP contribution in [0.15, 0.2) is 18.2 Å². The molecule has 1 heterocycles. The number of phenolic OH excluding ortho intramolecular Hbond substituents is 1. The molecule has 18 heavy (non-hydrogen) atoms. The summed E-state index contributed by atoms with van der Waals surface area (Å²) in [7, 11) is 0. The van der Waals surface area contributed by atoms with Crippen molar-refractivity contribution in [1.29, 1.82) is 0 Å². The number of ether oxygens (including phenoxy) is 1. The first-order chi connectivity index (χ1) is 8.49. The minimum absolute atomic E-state index is 0.240. The fourth-order valence-electron chi connectivity index (χ4n) is 2.27. The number of rotatable bonds is 3. The number of benzene rings is 1. The minimum atomic E-state index is -0.508. The Kier molecular flexibility index (Phi) is 4.12. The average Bonchev–Trinajstić information content (AvgIpc) is 2.35. The molecule has 1 saturated heterocycles. The van der Waals surface area contributed by atoms with E-state index in [2.05, 4.69) is 4.90 Å². The Morgan fingerprint density at radius 3 is 2.78 bits per heavy atom. The number of nitrogens with zero attached hydrogens (tertiary/aromatic N) is 1. The highest BCUT2D eigenvalue weighted by atomic mass is 35.5. The van der Waals surface area contributed by atoms with Crippen LogP contribution in [-0.2, 0) is 11.2 Å². The van der Waals surface area contributed by atoms with E-state index in [-0.39, 0.29) is 5.75 Å². The highest BCUT2D eigenvalue weighted by Gasteiger charge is 2.29. The molecule has 0 saturated carbocycles. The van der Waals surface area contributed by atoms with Crippen LogP contribution in [0.2, 0.25) is 5.02 Å². The summed E-state index contributed by atoms with van der Waals surface area (Å²) in [5.41, 5.74) is 6.63. The highest BCUT2D eigenvalue weighted by Crippen LogP contribution is 2.26. The van der Waals surface area contributed by atoms with Crippen molar-refractivity contribution in [3.63, 3.8) is 0 Å². The van der Waals surface area contributed by atoms with Crippen LogP contribution in [0.1, 0.15) is 12.5 Å². The Bertz CT molecular complexity index is 417. The maximum atomic E-state index is 9.84. The largest absolute Gasteiger partial charge is 0.508 e. The van der Waals surface area contributed by atoms with Crippen molar-refractivity contribution in [2.45, 2.75) is 19.0 Å². The second-order valence-corrected chi connectivity index (χ2v) is 5.34. The summed E-state index contributed by atoms with van der Waals surface area (Å²) in [5, 5.41) is 10.5. The predicted octanol–water partition coefficient (Wildman–Crippen LogP) is 1.60. The van der Waals surface area contributed by atoms with E-state index in [0.717, 1.165) is 18.7 Å². The van der Waals surface area contributed by atoms with Gasteiger partial charge < -0.3 is 15.6 Å². The Hall–Kier alpha value is -0.810. The van der Waals surface area contributed by atoms with Gasteiger partial charge >= 0.3 is 0 Å². The van der Waals surface area contributed by atoms with Gasteiger partial charge in [-0.15, -0.1) is 0 Å². The number of hydrogen-bond donors (Lipinski definition) is 2. The summed E-state index contributed by atoms with van der Waals surface area (Å²) in [6.45, 7) is 5.00. The van der Waals surface area contributed by atoms with E-state index in [1.807, 2.05) is 6.92 Å². The molecule has 1 aliphatic rings. The van der Waals surface area contributed by atoms with Gasteiger partial charge in [-0.2, -0.15) is 0 Å². The lowest BCUT2D eigenvalue weighted by molar-refractivity contribution is -0.0143. The van der Waals surface area contributed by atoms with Crippen LogP contribution in [0.3, 0.4) is 0 Å². The average molecular weight is 271 g/mol. The molecule has 1 unspecified atom stereocenters. The number of aromatic hydroxyl groups is 1. The predicted molar refractivity (Wildman–Crippen MR) is 71.8 cm³/mol. The lowest BCUT2D eigenvalue weighted by Gasteiger charge is -2.40. The van der Waals surface area contributed by atoms with E-state index in [9.17, 15) is 5.11 Å². The SMILES string of the molecule is CC(N)(Cc1cc(Cl)ccc1O)N1CCOCC1. The van der Waals surface area contributed by atoms with Crippen molar-refractivity contribution in [1.82, 2.24) is 4.90 Å². The quantitative estimate of drug-likeness (QED) is 0.876. The van der Waals surface area contributed by atoms with Gasteiger partial charge in [0, 0.05) is 24.5 Å². The Balaban J connectivity index is 2.13. The van der Waals surface area contributed by atoms with Gasteiger partial charge in [-0.3, -0.25) is 4.90 Å². The fraction of sp³-hybridized carbons (Fsp3) is 0.538. The molecule has 1 aliphatic heterocycles. The molecular formula is C13H19ClN2O2. The smallest absolute Gasteiger partial charge is 0.118 e. The van der Waals surface area contributed by atoms with Gasteiger partial charge in [0.2, 0.25) is 0 Å². The van der Waals surface area contributed by atoms with Gasteiger partial charge in [-0.1, -0.05) is 11.6 Å². The van der Waals surface area contributed by atoms with Crippen molar-refractivity contribution >= 4 is 11.6 Å². The first kappa shape index (κ1) is 13.6. The van der Waals surface area contributed by atoms with Crippen molar-refractivity contribution < 1.29 is 9.84 Å². The summed E-state index contributed by atoms with van der Waals surface area (Å²) >= 11 is 5.95. The molecule has 4 nitrogen and oxygen atoms in total. The maximum Gasteiger partial charge on any atom is 0.118 e. The first-order valence-corrected chi connectivity index (χ1v) is 6.46. The molecule has 3 N–H and O–H groups in total. The third-order valence-corrected chi connectivity index (χ3v) is 3.56. The lowest BCUT2D eigenvalue weighted by Crippen LogP contribution is -2.58. The standard InChI is InChI=1S/C13H19ClN2O2/c1-13(15,16-4-6-18-7-5-16)9-10-8-11(14)2-3-12(10)17/h2-3,8,17H,4-7,9,15H2,1H3.